The van der Waals surface area contributed by atoms with E-state index >= 15 is 0 Å². The van der Waals surface area contributed by atoms with Gasteiger partial charge in [0.2, 0.25) is 0 Å². The van der Waals surface area contributed by atoms with Gasteiger partial charge in [-0.15, -0.1) is 0 Å². The standard InChI is InChI=1S/C13H24O2S/c1-10(2)7-12(14)11-3-5-15-13(8-11)4-6-16-9-13/h10-12,14H,3-9H2,1-2H3. The molecule has 1 N–H and O–H groups in total. The quantitative estimate of drug-likeness (QED) is 0.827. The van der Waals surface area contributed by atoms with Crippen molar-refractivity contribution in [2.45, 2.75) is 51.2 Å². The number of hydrogen-bond acceptors (Lipinski definition) is 3. The highest BCUT2D eigenvalue weighted by molar-refractivity contribution is 7.99. The van der Waals surface area contributed by atoms with Gasteiger partial charge in [-0.2, -0.15) is 11.8 Å². The molecule has 0 amide bonds. The van der Waals surface area contributed by atoms with E-state index in [1.807, 2.05) is 11.8 Å². The number of ether oxygens (including phenoxy) is 1. The van der Waals surface area contributed by atoms with E-state index in [1.165, 1.54) is 12.2 Å². The molecule has 2 aliphatic heterocycles. The third kappa shape index (κ3) is 2.93. The van der Waals surface area contributed by atoms with Gasteiger partial charge in [-0.3, -0.25) is 0 Å². The Morgan fingerprint density at radius 2 is 2.31 bits per heavy atom. The Morgan fingerprint density at radius 3 is 2.94 bits per heavy atom. The van der Waals surface area contributed by atoms with Crippen LogP contribution in [0.1, 0.15) is 39.5 Å². The summed E-state index contributed by atoms with van der Waals surface area (Å²) in [6.07, 6.45) is 4.12. The largest absolute Gasteiger partial charge is 0.393 e. The Labute approximate surface area is 103 Å². The molecule has 94 valence electrons. The fourth-order valence-electron chi connectivity index (χ4n) is 2.93. The molecule has 16 heavy (non-hydrogen) atoms. The Bertz CT molecular complexity index is 224. The summed E-state index contributed by atoms with van der Waals surface area (Å²) in [5.74, 6) is 3.42. The van der Waals surface area contributed by atoms with Crippen LogP contribution in [0, 0.1) is 11.8 Å². The maximum atomic E-state index is 10.2. The molecular weight excluding hydrogens is 220 g/mol. The van der Waals surface area contributed by atoms with Crippen LogP contribution in [-0.4, -0.2) is 34.9 Å². The van der Waals surface area contributed by atoms with E-state index in [2.05, 4.69) is 13.8 Å². The van der Waals surface area contributed by atoms with Gasteiger partial charge in [-0.05, 0) is 43.3 Å². The van der Waals surface area contributed by atoms with Crippen molar-refractivity contribution in [3.05, 3.63) is 0 Å². The van der Waals surface area contributed by atoms with Gasteiger partial charge in [0.1, 0.15) is 0 Å². The molecule has 3 heteroatoms. The minimum absolute atomic E-state index is 0.117. The van der Waals surface area contributed by atoms with Gasteiger partial charge in [-0.1, -0.05) is 13.8 Å². The van der Waals surface area contributed by atoms with E-state index in [0.29, 0.717) is 11.8 Å². The minimum Gasteiger partial charge on any atom is -0.393 e. The minimum atomic E-state index is -0.119. The topological polar surface area (TPSA) is 29.5 Å². The van der Waals surface area contributed by atoms with Crippen LogP contribution in [0.3, 0.4) is 0 Å². The van der Waals surface area contributed by atoms with Crippen LogP contribution in [0.4, 0.5) is 0 Å². The summed E-state index contributed by atoms with van der Waals surface area (Å²) >= 11 is 2.00. The molecular formula is C13H24O2S. The lowest BCUT2D eigenvalue weighted by atomic mass is 9.80. The molecule has 2 heterocycles. The Hall–Kier alpha value is 0.270. The number of aliphatic hydroxyl groups excluding tert-OH is 1. The average Bonchev–Trinajstić information content (AvgIpc) is 2.65. The van der Waals surface area contributed by atoms with Gasteiger partial charge in [0.05, 0.1) is 11.7 Å². The normalized spacial score (nSPS) is 37.1. The molecule has 0 radical (unpaired) electrons. The van der Waals surface area contributed by atoms with Gasteiger partial charge in [0.25, 0.3) is 0 Å². The van der Waals surface area contributed by atoms with Crippen molar-refractivity contribution >= 4 is 11.8 Å². The first-order valence-electron chi connectivity index (χ1n) is 6.51. The fourth-order valence-corrected chi connectivity index (χ4v) is 4.31. The predicted octanol–water partition coefficient (Wildman–Crippen LogP) is 2.70. The van der Waals surface area contributed by atoms with Crippen molar-refractivity contribution in [3.63, 3.8) is 0 Å². The first kappa shape index (κ1) is 12.7. The second-order valence-electron chi connectivity index (χ2n) is 5.78. The number of thioether (sulfide) groups is 1. The second kappa shape index (κ2) is 5.28. The Kier molecular flexibility index (Phi) is 4.20. The highest BCUT2D eigenvalue weighted by Crippen LogP contribution is 2.41. The van der Waals surface area contributed by atoms with Crippen LogP contribution in [0.5, 0.6) is 0 Å². The zero-order valence-corrected chi connectivity index (χ0v) is 11.3. The average molecular weight is 244 g/mol. The zero-order chi connectivity index (χ0) is 11.6. The maximum absolute atomic E-state index is 10.2. The highest BCUT2D eigenvalue weighted by atomic mass is 32.2. The SMILES string of the molecule is CC(C)CC(O)C1CCOC2(CCSC2)C1. The Balaban J connectivity index is 1.90. The lowest BCUT2D eigenvalue weighted by molar-refractivity contribution is -0.103. The summed E-state index contributed by atoms with van der Waals surface area (Å²) in [4.78, 5) is 0. The van der Waals surface area contributed by atoms with E-state index in [9.17, 15) is 5.11 Å². The van der Waals surface area contributed by atoms with Crippen molar-refractivity contribution in [1.29, 1.82) is 0 Å². The molecule has 0 aliphatic carbocycles. The van der Waals surface area contributed by atoms with E-state index in [-0.39, 0.29) is 11.7 Å². The van der Waals surface area contributed by atoms with Crippen LogP contribution >= 0.6 is 11.8 Å². The molecule has 2 nitrogen and oxygen atoms in total. The summed E-state index contributed by atoms with van der Waals surface area (Å²) in [6, 6.07) is 0. The Morgan fingerprint density at radius 1 is 1.50 bits per heavy atom. The summed E-state index contributed by atoms with van der Waals surface area (Å²) in [6.45, 7) is 5.22. The monoisotopic (exact) mass is 244 g/mol. The second-order valence-corrected chi connectivity index (χ2v) is 6.89. The summed E-state index contributed by atoms with van der Waals surface area (Å²) < 4.78 is 5.98. The van der Waals surface area contributed by atoms with Crippen LogP contribution < -0.4 is 0 Å². The third-order valence-electron chi connectivity index (χ3n) is 3.86. The van der Waals surface area contributed by atoms with Gasteiger partial charge in [0.15, 0.2) is 0 Å². The molecule has 0 aromatic carbocycles. The first-order valence-corrected chi connectivity index (χ1v) is 7.66. The van der Waals surface area contributed by atoms with E-state index in [4.69, 9.17) is 4.74 Å². The molecule has 0 aromatic rings. The molecule has 2 fully saturated rings. The van der Waals surface area contributed by atoms with Crippen molar-refractivity contribution in [2.75, 3.05) is 18.1 Å². The lowest BCUT2D eigenvalue weighted by Crippen LogP contribution is -2.43. The van der Waals surface area contributed by atoms with Gasteiger partial charge in [0, 0.05) is 12.4 Å². The van der Waals surface area contributed by atoms with Crippen molar-refractivity contribution in [2.24, 2.45) is 11.8 Å². The van der Waals surface area contributed by atoms with Crippen LogP contribution in [-0.2, 0) is 4.74 Å². The van der Waals surface area contributed by atoms with Gasteiger partial charge in [-0.25, -0.2) is 0 Å². The van der Waals surface area contributed by atoms with Gasteiger partial charge < -0.3 is 9.84 Å². The summed E-state index contributed by atoms with van der Waals surface area (Å²) in [5, 5.41) is 10.2. The number of aliphatic hydroxyl groups is 1. The third-order valence-corrected chi connectivity index (χ3v) is 5.08. The highest BCUT2D eigenvalue weighted by Gasteiger charge is 2.42. The van der Waals surface area contributed by atoms with Crippen molar-refractivity contribution < 1.29 is 9.84 Å². The molecule has 2 saturated heterocycles. The van der Waals surface area contributed by atoms with Gasteiger partial charge >= 0.3 is 0 Å². The van der Waals surface area contributed by atoms with E-state index < -0.39 is 0 Å². The zero-order valence-electron chi connectivity index (χ0n) is 10.4. The molecule has 0 aromatic heterocycles. The molecule has 0 saturated carbocycles. The molecule has 3 unspecified atom stereocenters. The number of hydrogen-bond donors (Lipinski definition) is 1. The van der Waals surface area contributed by atoms with Crippen molar-refractivity contribution in [1.82, 2.24) is 0 Å². The molecule has 1 spiro atoms. The van der Waals surface area contributed by atoms with E-state index in [0.717, 1.165) is 31.6 Å². The lowest BCUT2D eigenvalue weighted by Gasteiger charge is -2.39. The summed E-state index contributed by atoms with van der Waals surface area (Å²) in [5.41, 5.74) is 0.117. The molecule has 0 bridgehead atoms. The van der Waals surface area contributed by atoms with Crippen molar-refractivity contribution in [3.8, 4) is 0 Å². The maximum Gasteiger partial charge on any atom is 0.0783 e. The van der Waals surface area contributed by atoms with Crippen LogP contribution in [0.15, 0.2) is 0 Å². The fraction of sp³-hybridized carbons (Fsp3) is 1.00. The van der Waals surface area contributed by atoms with Crippen LogP contribution in [0.25, 0.3) is 0 Å². The van der Waals surface area contributed by atoms with Crippen LogP contribution in [0.2, 0.25) is 0 Å². The first-order chi connectivity index (χ1) is 7.61. The molecule has 2 rings (SSSR count). The number of rotatable bonds is 3. The molecule has 3 atom stereocenters. The van der Waals surface area contributed by atoms with E-state index in [1.54, 1.807) is 0 Å². The summed E-state index contributed by atoms with van der Waals surface area (Å²) in [7, 11) is 0. The predicted molar refractivity (Wildman–Crippen MR) is 68.8 cm³/mol. The molecule has 2 aliphatic rings. The smallest absolute Gasteiger partial charge is 0.0783 e.